The van der Waals surface area contributed by atoms with Crippen LogP contribution in [-0.2, 0) is 46.3 Å². The summed E-state index contributed by atoms with van der Waals surface area (Å²) in [6, 6.07) is 27.9. The zero-order chi connectivity index (χ0) is 76.1. The van der Waals surface area contributed by atoms with Gasteiger partial charge in [0.1, 0.15) is 34.8 Å². The highest BCUT2D eigenvalue weighted by Crippen LogP contribution is 2.42. The lowest BCUT2D eigenvalue weighted by atomic mass is 9.75. The molecule has 13 rings (SSSR count). The number of morpholine rings is 1. The number of H-pyrrole nitrogens is 2. The van der Waals surface area contributed by atoms with Crippen LogP contribution in [0.1, 0.15) is 146 Å². The summed E-state index contributed by atoms with van der Waals surface area (Å²) in [4.78, 5) is 74.5. The number of hydrogen-bond donors (Lipinski definition) is 5. The molecule has 107 heavy (non-hydrogen) atoms. The lowest BCUT2D eigenvalue weighted by Gasteiger charge is -2.37. The van der Waals surface area contributed by atoms with Crippen LogP contribution in [0.2, 0.25) is 0 Å². The molecule has 6 heterocycles. The van der Waals surface area contributed by atoms with Crippen molar-refractivity contribution in [2.24, 2.45) is 41.4 Å². The van der Waals surface area contributed by atoms with E-state index in [0.717, 1.165) is 64.9 Å². The number of anilines is 5. The van der Waals surface area contributed by atoms with Crippen molar-refractivity contribution in [3.8, 4) is 34.3 Å². The molecule has 9 aromatic rings. The van der Waals surface area contributed by atoms with Gasteiger partial charge in [0.15, 0.2) is 22.9 Å². The maximum Gasteiger partial charge on any atom is 0.331 e. The Kier molecular flexibility index (Phi) is 23.6. The van der Waals surface area contributed by atoms with E-state index < -0.39 is 34.5 Å². The van der Waals surface area contributed by atoms with E-state index in [-0.39, 0.29) is 87.6 Å². The summed E-state index contributed by atoms with van der Waals surface area (Å²) < 4.78 is 70.5. The predicted molar refractivity (Wildman–Crippen MR) is 415 cm³/mol. The Morgan fingerprint density at radius 2 is 1.05 bits per heavy atom. The zero-order valence-electron chi connectivity index (χ0n) is 62.5. The second-order valence-corrected chi connectivity index (χ2v) is 31.0. The Balaban J connectivity index is 0.000000210. The number of nitrogens with zero attached hydrogens (tertiary/aromatic N) is 8. The first kappa shape index (κ1) is 76.2. The second kappa shape index (κ2) is 33.1. The number of aryl methyl sites for hydroxylation is 5. The number of hydrogen-bond acceptors (Lipinski definition) is 16. The number of carbonyl (C=O) groups excluding carboxylic acids is 4. The number of rotatable bonds is 20. The molecule has 0 bridgehead atoms. The molecule has 4 fully saturated rings. The van der Waals surface area contributed by atoms with Crippen molar-refractivity contribution in [2.45, 2.75) is 134 Å². The van der Waals surface area contributed by atoms with Crippen LogP contribution in [-0.4, -0.2) is 120 Å². The first-order chi connectivity index (χ1) is 51.3. The summed E-state index contributed by atoms with van der Waals surface area (Å²) in [5.74, 6) is 1.90. The molecule has 25 nitrogen and oxygen atoms in total. The number of benzene rings is 5. The summed E-state index contributed by atoms with van der Waals surface area (Å²) in [6.07, 6.45) is 7.70. The number of aromatic amines is 2. The maximum absolute atomic E-state index is 13.9. The molecule has 27 heteroatoms. The minimum absolute atomic E-state index is 0.0993. The fraction of sp³-hybridized carbons (Fsp3) is 0.425. The average Bonchev–Trinajstić information content (AvgIpc) is 1.62. The quantitative estimate of drug-likeness (QED) is 0.0269. The molecule has 2 saturated heterocycles. The van der Waals surface area contributed by atoms with Gasteiger partial charge in [-0.2, -0.15) is 8.42 Å². The Labute approximate surface area is 629 Å². The number of carbonyl (C=O) groups is 4. The summed E-state index contributed by atoms with van der Waals surface area (Å²) in [5, 5.41) is 9.58. The van der Waals surface area contributed by atoms with Crippen LogP contribution in [0.25, 0.3) is 43.8 Å². The molecule has 2 aliphatic heterocycles. The van der Waals surface area contributed by atoms with Crippen LogP contribution in [0, 0.1) is 89.2 Å². The van der Waals surface area contributed by atoms with Crippen LogP contribution in [0.4, 0.5) is 39.8 Å². The smallest absolute Gasteiger partial charge is 0.331 e. The Bertz CT molecular complexity index is 4930. The van der Waals surface area contributed by atoms with E-state index in [2.05, 4.69) is 86.0 Å². The summed E-state index contributed by atoms with van der Waals surface area (Å²) >= 11 is -4.07. The fourth-order valence-electron chi connectivity index (χ4n) is 15.5. The molecule has 5 N–H and O–H groups in total. The lowest BCUT2D eigenvalue weighted by molar-refractivity contribution is -0.148. The van der Waals surface area contributed by atoms with E-state index in [4.69, 9.17) is 50.4 Å². The van der Waals surface area contributed by atoms with Crippen LogP contribution in [0.15, 0.2) is 103 Å². The number of amides is 1. The van der Waals surface area contributed by atoms with E-state index >= 15 is 0 Å². The maximum atomic E-state index is 13.9. The Morgan fingerprint density at radius 1 is 0.579 bits per heavy atom. The molecule has 4 aliphatic rings. The van der Waals surface area contributed by atoms with Crippen LogP contribution >= 0.6 is 0 Å². The molecular formula is C80H93N13O12S2. The minimum atomic E-state index is -2.14. The minimum Gasteiger partial charge on any atom is -0.466 e. The van der Waals surface area contributed by atoms with Crippen LogP contribution in [0.3, 0.4) is 0 Å². The molecule has 2 saturated carbocycles. The van der Waals surface area contributed by atoms with E-state index in [1.807, 2.05) is 94.4 Å². The van der Waals surface area contributed by atoms with Crippen molar-refractivity contribution in [1.82, 2.24) is 29.2 Å². The largest absolute Gasteiger partial charge is 0.466 e. The van der Waals surface area contributed by atoms with Gasteiger partial charge in [-0.15, -0.1) is 0 Å². The van der Waals surface area contributed by atoms with Crippen molar-refractivity contribution < 1.29 is 54.9 Å². The number of piperidine rings is 1. The molecule has 562 valence electrons. The average molecular weight is 1490 g/mol. The van der Waals surface area contributed by atoms with Gasteiger partial charge in [0.2, 0.25) is 11.4 Å². The third-order valence-corrected chi connectivity index (χ3v) is 22.2. The second-order valence-electron chi connectivity index (χ2n) is 29.3. The van der Waals surface area contributed by atoms with Gasteiger partial charge in [-0.25, -0.2) is 29.2 Å². The highest BCUT2D eigenvalue weighted by molar-refractivity contribution is 7.82. The van der Waals surface area contributed by atoms with Crippen molar-refractivity contribution in [1.29, 1.82) is 0 Å². The van der Waals surface area contributed by atoms with Gasteiger partial charge in [-0.05, 0) is 192 Å². The molecule has 6 unspecified atom stereocenters. The first-order valence-electron chi connectivity index (χ1n) is 36.6. The fourth-order valence-corrected chi connectivity index (χ4v) is 16.9. The van der Waals surface area contributed by atoms with Crippen molar-refractivity contribution >= 4 is 97.5 Å². The SMILES string of the molecule is [C-]#[N+]c1cn2[nH]c(-c3ccc(N4CCC(C(=O)OCC)CC4)c(NS(=O)Oc4cc(NS(=O)Oc5cc(C)ccc5C)ccc4C)c3)nc2c1C(=O)OC1C(C)CC(C)CC1C.[C-]#[N+]c1cn2[nH]c(-c3ccc(N4CCOCC4)c(NC(=O)c4cc(C)ccc4C)c3)nc2c1C(=O)OC1C(C)CC(C)CC1C. The van der Waals surface area contributed by atoms with E-state index in [1.165, 1.54) is 6.20 Å². The molecular weight excluding hydrogens is 1400 g/mol. The van der Waals surface area contributed by atoms with Gasteiger partial charge in [0.05, 0.1) is 67.3 Å². The molecule has 5 aromatic carbocycles. The van der Waals surface area contributed by atoms with Gasteiger partial charge < -0.3 is 42.4 Å². The van der Waals surface area contributed by atoms with E-state index in [1.54, 1.807) is 53.3 Å². The number of esters is 3. The molecule has 6 atom stereocenters. The van der Waals surface area contributed by atoms with Gasteiger partial charge >= 0.3 is 40.4 Å². The van der Waals surface area contributed by atoms with Gasteiger partial charge in [-0.3, -0.25) is 38.3 Å². The molecule has 0 radical (unpaired) electrons. The molecule has 4 aromatic heterocycles. The molecule has 2 aliphatic carbocycles. The third kappa shape index (κ3) is 17.3. The lowest BCUT2D eigenvalue weighted by Crippen LogP contribution is -2.37. The predicted octanol–water partition coefficient (Wildman–Crippen LogP) is 15.8. The van der Waals surface area contributed by atoms with Crippen LogP contribution in [0.5, 0.6) is 11.5 Å². The topological polar surface area (TPSA) is 275 Å². The number of ether oxygens (including phenoxy) is 4. The summed E-state index contributed by atoms with van der Waals surface area (Å²) in [5.41, 5.74) is 10.7. The van der Waals surface area contributed by atoms with Crippen molar-refractivity contribution in [2.75, 3.05) is 70.6 Å². The van der Waals surface area contributed by atoms with Gasteiger partial charge in [0.25, 0.3) is 5.91 Å². The number of aromatic nitrogens is 6. The van der Waals surface area contributed by atoms with Crippen molar-refractivity contribution in [3.05, 3.63) is 171 Å². The van der Waals surface area contributed by atoms with E-state index in [9.17, 15) is 27.6 Å². The highest BCUT2D eigenvalue weighted by Gasteiger charge is 2.38. The Morgan fingerprint density at radius 3 is 1.57 bits per heavy atom. The number of nitrogens with one attached hydrogen (secondary N) is 5. The van der Waals surface area contributed by atoms with Gasteiger partial charge in [-0.1, -0.05) is 77.4 Å². The summed E-state index contributed by atoms with van der Waals surface area (Å²) in [7, 11) is 0. The van der Waals surface area contributed by atoms with Crippen molar-refractivity contribution in [3.63, 3.8) is 0 Å². The first-order valence-corrected chi connectivity index (χ1v) is 38.7. The zero-order valence-corrected chi connectivity index (χ0v) is 64.1. The third-order valence-electron chi connectivity index (χ3n) is 20.8. The summed E-state index contributed by atoms with van der Waals surface area (Å²) in [6.45, 7) is 43.7. The standard InChI is InChI=1S/C45H53N7O8S2.C35H40N6O4/c1-9-57-44(53)32-16-18-51(19-17-32)37-15-13-33(42-47-43-40(36(46-8)25-52(43)48-42)45(54)58-41-30(6)20-27(3)21-31(41)7)23-35(37)50-62(56)60-39-24-34(14-12-29(39)5)49-61(55)59-38-22-26(2)10-11-28(38)4;1-20-7-8-22(3)26(17-20)34(42)37-27-18-25(9-10-29(27)40-11-13-44-14-12-40)32-38-33-30(28(36-6)19-41(33)39-32)35(43)45-31-23(4)15-21(2)16-24(31)5/h10-15,22-25,27,30-32,41,49-50H,9,16-21H2,1-7H3,(H,47,48);7-10,17-19,21,23-24,31H,11-16H2,1-5H3,(H,37,42)(H,38,39). The van der Waals surface area contributed by atoms with E-state index in [0.29, 0.717) is 127 Å². The highest BCUT2D eigenvalue weighted by atomic mass is 32.2. The molecule has 0 spiro atoms. The Hall–Kier alpha value is -10.5. The van der Waals surface area contributed by atoms with Crippen LogP contribution < -0.4 is 32.9 Å². The van der Waals surface area contributed by atoms with Gasteiger partial charge in [0, 0.05) is 61.3 Å². The number of fused-ring (bicyclic) bond motifs is 2. The monoisotopic (exact) mass is 1490 g/mol. The normalized spacial score (nSPS) is 20.9. The molecule has 1 amide bonds.